The number of rotatable bonds is 6. The maximum absolute atomic E-state index is 5.68. The zero-order chi connectivity index (χ0) is 11.2. The minimum absolute atomic E-state index is 0.573. The van der Waals surface area contributed by atoms with Gasteiger partial charge in [0.2, 0.25) is 0 Å². The number of hydrogen-bond acceptors (Lipinski definition) is 3. The molecule has 0 fully saturated rings. The molecule has 0 N–H and O–H groups in total. The van der Waals surface area contributed by atoms with E-state index in [1.807, 2.05) is 11.8 Å². The molecule has 16 heavy (non-hydrogen) atoms. The van der Waals surface area contributed by atoms with Crippen LogP contribution in [0.5, 0.6) is 0 Å². The Labute approximate surface area is 101 Å². The van der Waals surface area contributed by atoms with E-state index < -0.39 is 0 Å². The van der Waals surface area contributed by atoms with Gasteiger partial charge in [0.15, 0.2) is 0 Å². The Hall–Kier alpha value is -0.510. The van der Waals surface area contributed by atoms with Gasteiger partial charge in [0, 0.05) is 36.9 Å². The van der Waals surface area contributed by atoms with E-state index in [0.717, 1.165) is 32.0 Å². The van der Waals surface area contributed by atoms with Crippen LogP contribution in [0.4, 0.5) is 0 Å². The number of thioether (sulfide) groups is 1. The van der Waals surface area contributed by atoms with Gasteiger partial charge < -0.3 is 9.47 Å². The Morgan fingerprint density at radius 3 is 3.06 bits per heavy atom. The second-order valence-electron chi connectivity index (χ2n) is 3.97. The fourth-order valence-corrected chi connectivity index (χ4v) is 3.13. The molecule has 1 atom stereocenters. The largest absolute Gasteiger partial charge is 0.385 e. The van der Waals surface area contributed by atoms with Crippen molar-refractivity contribution < 1.29 is 9.47 Å². The lowest BCUT2D eigenvalue weighted by molar-refractivity contribution is 0.0964. The van der Waals surface area contributed by atoms with E-state index in [9.17, 15) is 0 Å². The van der Waals surface area contributed by atoms with Crippen LogP contribution in [0, 0.1) is 0 Å². The van der Waals surface area contributed by atoms with E-state index in [1.165, 1.54) is 10.5 Å². The molecule has 2 rings (SSSR count). The summed E-state index contributed by atoms with van der Waals surface area (Å²) in [6.07, 6.45) is 0.984. The molecular formula is C13H18O2S. The number of fused-ring (bicyclic) bond motifs is 1. The lowest BCUT2D eigenvalue weighted by Crippen LogP contribution is -2.09. The Kier molecular flexibility index (Phi) is 4.69. The first-order valence-electron chi connectivity index (χ1n) is 5.70. The summed E-state index contributed by atoms with van der Waals surface area (Å²) in [4.78, 5) is 1.42. The van der Waals surface area contributed by atoms with Gasteiger partial charge in [-0.15, -0.1) is 11.8 Å². The maximum atomic E-state index is 5.68. The molecule has 0 saturated heterocycles. The molecule has 0 aliphatic carbocycles. The maximum Gasteiger partial charge on any atom is 0.0543 e. The van der Waals surface area contributed by atoms with Crippen LogP contribution in [0.15, 0.2) is 29.2 Å². The second-order valence-corrected chi connectivity index (χ2v) is 5.03. The van der Waals surface area contributed by atoms with Crippen molar-refractivity contribution in [1.82, 2.24) is 0 Å². The summed E-state index contributed by atoms with van der Waals surface area (Å²) in [6.45, 7) is 2.43. The van der Waals surface area contributed by atoms with Crippen molar-refractivity contribution in [2.45, 2.75) is 17.2 Å². The van der Waals surface area contributed by atoms with E-state index in [1.54, 1.807) is 7.11 Å². The molecule has 1 aliphatic heterocycles. The van der Waals surface area contributed by atoms with Gasteiger partial charge in [-0.2, -0.15) is 0 Å². The first-order valence-corrected chi connectivity index (χ1v) is 6.69. The van der Waals surface area contributed by atoms with Crippen molar-refractivity contribution in [3.8, 4) is 0 Å². The molecule has 3 heteroatoms. The number of ether oxygens (including phenoxy) is 2. The summed E-state index contributed by atoms with van der Waals surface area (Å²) in [5.41, 5.74) is 1.46. The first-order chi connectivity index (χ1) is 7.92. The normalized spacial score (nSPS) is 18.7. The molecule has 2 nitrogen and oxygen atoms in total. The lowest BCUT2D eigenvalue weighted by Gasteiger charge is -2.11. The SMILES string of the molecule is COCCCOCC1CSc2ccccc21. The van der Waals surface area contributed by atoms with Gasteiger partial charge in [0.05, 0.1) is 6.61 Å². The fourth-order valence-electron chi connectivity index (χ4n) is 1.90. The molecule has 0 bridgehead atoms. The fraction of sp³-hybridized carbons (Fsp3) is 0.538. The molecule has 0 saturated carbocycles. The van der Waals surface area contributed by atoms with Gasteiger partial charge in [-0.05, 0) is 18.1 Å². The van der Waals surface area contributed by atoms with Crippen molar-refractivity contribution in [2.75, 3.05) is 32.7 Å². The first kappa shape index (κ1) is 12.0. The minimum Gasteiger partial charge on any atom is -0.385 e. The highest BCUT2D eigenvalue weighted by atomic mass is 32.2. The molecule has 0 aromatic heterocycles. The summed E-state index contributed by atoms with van der Waals surface area (Å²) >= 11 is 1.94. The predicted octanol–water partition coefficient (Wildman–Crippen LogP) is 2.93. The van der Waals surface area contributed by atoms with E-state index in [4.69, 9.17) is 9.47 Å². The highest BCUT2D eigenvalue weighted by Crippen LogP contribution is 2.39. The van der Waals surface area contributed by atoms with E-state index >= 15 is 0 Å². The van der Waals surface area contributed by atoms with Crippen molar-refractivity contribution in [3.63, 3.8) is 0 Å². The number of hydrogen-bond donors (Lipinski definition) is 0. The van der Waals surface area contributed by atoms with Crippen molar-refractivity contribution in [3.05, 3.63) is 29.8 Å². The van der Waals surface area contributed by atoms with Crippen LogP contribution in [-0.4, -0.2) is 32.7 Å². The average molecular weight is 238 g/mol. The Bertz CT molecular complexity index is 327. The summed E-state index contributed by atoms with van der Waals surface area (Å²) in [6, 6.07) is 8.64. The summed E-state index contributed by atoms with van der Waals surface area (Å²) in [5.74, 6) is 1.73. The highest BCUT2D eigenvalue weighted by molar-refractivity contribution is 7.99. The molecule has 0 radical (unpaired) electrons. The quantitative estimate of drug-likeness (QED) is 0.710. The van der Waals surface area contributed by atoms with Crippen LogP contribution in [0.2, 0.25) is 0 Å². The van der Waals surface area contributed by atoms with Crippen molar-refractivity contribution in [2.24, 2.45) is 0 Å². The van der Waals surface area contributed by atoms with Crippen molar-refractivity contribution in [1.29, 1.82) is 0 Å². The molecule has 0 spiro atoms. The van der Waals surface area contributed by atoms with Crippen LogP contribution >= 0.6 is 11.8 Å². The Morgan fingerprint density at radius 1 is 1.31 bits per heavy atom. The Morgan fingerprint density at radius 2 is 2.19 bits per heavy atom. The minimum atomic E-state index is 0.573. The van der Waals surface area contributed by atoms with Crippen LogP contribution in [0.1, 0.15) is 17.9 Å². The van der Waals surface area contributed by atoms with Gasteiger partial charge in [0.1, 0.15) is 0 Å². The third-order valence-electron chi connectivity index (χ3n) is 2.76. The Balaban J connectivity index is 1.76. The second kappa shape index (κ2) is 6.28. The molecule has 1 aliphatic rings. The summed E-state index contributed by atoms with van der Waals surface area (Å²) < 4.78 is 10.7. The zero-order valence-electron chi connectivity index (χ0n) is 9.65. The topological polar surface area (TPSA) is 18.5 Å². The highest BCUT2D eigenvalue weighted by Gasteiger charge is 2.22. The van der Waals surface area contributed by atoms with Crippen LogP contribution < -0.4 is 0 Å². The van der Waals surface area contributed by atoms with E-state index in [2.05, 4.69) is 24.3 Å². The van der Waals surface area contributed by atoms with Crippen LogP contribution in [0.3, 0.4) is 0 Å². The third kappa shape index (κ3) is 3.00. The predicted molar refractivity (Wildman–Crippen MR) is 67.2 cm³/mol. The molecule has 1 aromatic carbocycles. The van der Waals surface area contributed by atoms with E-state index in [0.29, 0.717) is 5.92 Å². The summed E-state index contributed by atoms with van der Waals surface area (Å²) in [5, 5.41) is 0. The molecule has 1 unspecified atom stereocenters. The third-order valence-corrected chi connectivity index (χ3v) is 4.01. The monoisotopic (exact) mass is 238 g/mol. The van der Waals surface area contributed by atoms with Crippen LogP contribution in [0.25, 0.3) is 0 Å². The zero-order valence-corrected chi connectivity index (χ0v) is 10.5. The number of methoxy groups -OCH3 is 1. The van der Waals surface area contributed by atoms with Crippen molar-refractivity contribution >= 4 is 11.8 Å². The van der Waals surface area contributed by atoms with Crippen LogP contribution in [-0.2, 0) is 9.47 Å². The molecule has 1 aromatic rings. The standard InChI is InChI=1S/C13H18O2S/c1-14-7-4-8-15-9-11-10-16-13-6-3-2-5-12(11)13/h2-3,5-6,11H,4,7-10H2,1H3. The molecule has 1 heterocycles. The van der Waals surface area contributed by atoms with Gasteiger partial charge in [0.25, 0.3) is 0 Å². The van der Waals surface area contributed by atoms with E-state index in [-0.39, 0.29) is 0 Å². The number of benzene rings is 1. The van der Waals surface area contributed by atoms with Gasteiger partial charge in [-0.1, -0.05) is 18.2 Å². The molecule has 0 amide bonds. The molecule has 88 valence electrons. The van der Waals surface area contributed by atoms with Gasteiger partial charge in [-0.3, -0.25) is 0 Å². The summed E-state index contributed by atoms with van der Waals surface area (Å²) in [7, 11) is 1.73. The average Bonchev–Trinajstić information content (AvgIpc) is 2.73. The van der Waals surface area contributed by atoms with Gasteiger partial charge in [-0.25, -0.2) is 0 Å². The lowest BCUT2D eigenvalue weighted by atomic mass is 10.0. The smallest absolute Gasteiger partial charge is 0.0543 e. The van der Waals surface area contributed by atoms with Gasteiger partial charge >= 0.3 is 0 Å². The molecular weight excluding hydrogens is 220 g/mol.